The molecule has 0 amide bonds. The Morgan fingerprint density at radius 1 is 1.24 bits per heavy atom. The average molecular weight is 304 g/mol. The van der Waals surface area contributed by atoms with E-state index in [-0.39, 0.29) is 17.4 Å². The van der Waals surface area contributed by atoms with Crippen LogP contribution in [0.5, 0.6) is 5.75 Å². The summed E-state index contributed by atoms with van der Waals surface area (Å²) in [4.78, 5) is 13.1. The van der Waals surface area contributed by atoms with Crippen molar-refractivity contribution in [3.63, 3.8) is 0 Å². The summed E-state index contributed by atoms with van der Waals surface area (Å²) in [7, 11) is 1.57. The zero-order valence-electron chi connectivity index (χ0n) is 12.3. The standard InChI is InChI=1S/C17H17FO2S/c1-11-7-8-15(17(20-3)12(11)2)16(19)10-21-14-6-4-5-13(18)9-14/h4-9H,10H2,1-3H3. The zero-order chi connectivity index (χ0) is 15.4. The molecule has 0 fully saturated rings. The molecule has 2 nitrogen and oxygen atoms in total. The molecule has 0 atom stereocenters. The van der Waals surface area contributed by atoms with Gasteiger partial charge in [-0.15, -0.1) is 11.8 Å². The molecular weight excluding hydrogens is 287 g/mol. The molecule has 0 radical (unpaired) electrons. The third kappa shape index (κ3) is 3.64. The van der Waals surface area contributed by atoms with Gasteiger partial charge in [0.25, 0.3) is 0 Å². The summed E-state index contributed by atoms with van der Waals surface area (Å²) in [5.74, 6) is 0.558. The average Bonchev–Trinajstić information content (AvgIpc) is 2.47. The summed E-state index contributed by atoms with van der Waals surface area (Å²) in [5, 5.41) is 0. The number of ether oxygens (including phenoxy) is 1. The highest BCUT2D eigenvalue weighted by Crippen LogP contribution is 2.28. The Hall–Kier alpha value is -1.81. The van der Waals surface area contributed by atoms with Crippen LogP contribution >= 0.6 is 11.8 Å². The van der Waals surface area contributed by atoms with E-state index in [1.807, 2.05) is 19.9 Å². The van der Waals surface area contributed by atoms with Crippen molar-refractivity contribution < 1.29 is 13.9 Å². The molecule has 2 aromatic carbocycles. The lowest BCUT2D eigenvalue weighted by molar-refractivity contribution is 0.101. The summed E-state index contributed by atoms with van der Waals surface area (Å²) < 4.78 is 18.5. The molecule has 0 aromatic heterocycles. The van der Waals surface area contributed by atoms with Crippen LogP contribution in [0.15, 0.2) is 41.3 Å². The molecule has 0 saturated carbocycles. The van der Waals surface area contributed by atoms with Crippen LogP contribution in [0.1, 0.15) is 21.5 Å². The molecule has 2 rings (SSSR count). The topological polar surface area (TPSA) is 26.3 Å². The van der Waals surface area contributed by atoms with Gasteiger partial charge in [0.1, 0.15) is 11.6 Å². The summed E-state index contributed by atoms with van der Waals surface area (Å²) >= 11 is 1.32. The van der Waals surface area contributed by atoms with Crippen molar-refractivity contribution in [2.45, 2.75) is 18.7 Å². The SMILES string of the molecule is COc1c(C(=O)CSc2cccc(F)c2)ccc(C)c1C. The van der Waals surface area contributed by atoms with Crippen LogP contribution < -0.4 is 4.74 Å². The molecule has 2 aromatic rings. The molecule has 0 spiro atoms. The predicted molar refractivity (Wildman–Crippen MR) is 83.9 cm³/mol. The lowest BCUT2D eigenvalue weighted by Gasteiger charge is -2.12. The molecule has 0 heterocycles. The Bertz CT molecular complexity index is 668. The Labute approximate surface area is 128 Å². The lowest BCUT2D eigenvalue weighted by Crippen LogP contribution is -2.07. The first-order chi connectivity index (χ1) is 10.0. The van der Waals surface area contributed by atoms with Crippen LogP contribution in [0, 0.1) is 19.7 Å². The van der Waals surface area contributed by atoms with Crippen molar-refractivity contribution >= 4 is 17.5 Å². The number of benzene rings is 2. The number of Topliss-reactive ketones (excluding diaryl/α,β-unsaturated/α-hetero) is 1. The second-order valence-electron chi connectivity index (χ2n) is 4.76. The highest BCUT2D eigenvalue weighted by Gasteiger charge is 2.15. The van der Waals surface area contributed by atoms with Crippen molar-refractivity contribution in [1.82, 2.24) is 0 Å². The Morgan fingerprint density at radius 2 is 2.00 bits per heavy atom. The van der Waals surface area contributed by atoms with E-state index in [0.29, 0.717) is 11.3 Å². The predicted octanol–water partition coefficient (Wildman–Crippen LogP) is 4.43. The number of hydrogen-bond acceptors (Lipinski definition) is 3. The van der Waals surface area contributed by atoms with E-state index in [4.69, 9.17) is 4.74 Å². The van der Waals surface area contributed by atoms with E-state index in [2.05, 4.69) is 0 Å². The smallest absolute Gasteiger partial charge is 0.176 e. The van der Waals surface area contributed by atoms with Gasteiger partial charge in [0.2, 0.25) is 0 Å². The van der Waals surface area contributed by atoms with E-state index >= 15 is 0 Å². The molecule has 0 saturated heterocycles. The third-order valence-corrected chi connectivity index (χ3v) is 4.34. The van der Waals surface area contributed by atoms with Gasteiger partial charge in [0.05, 0.1) is 18.4 Å². The molecular formula is C17H17FO2S. The van der Waals surface area contributed by atoms with Gasteiger partial charge in [-0.1, -0.05) is 12.1 Å². The van der Waals surface area contributed by atoms with Gasteiger partial charge in [-0.25, -0.2) is 4.39 Å². The van der Waals surface area contributed by atoms with Crippen molar-refractivity contribution in [2.24, 2.45) is 0 Å². The lowest BCUT2D eigenvalue weighted by atomic mass is 10.0. The molecule has 0 aliphatic heterocycles. The third-order valence-electron chi connectivity index (χ3n) is 3.35. The van der Waals surface area contributed by atoms with Crippen LogP contribution in [-0.4, -0.2) is 18.6 Å². The Kier molecular flexibility index (Phi) is 5.02. The minimum Gasteiger partial charge on any atom is -0.496 e. The van der Waals surface area contributed by atoms with Crippen LogP contribution in [-0.2, 0) is 0 Å². The number of carbonyl (C=O) groups is 1. The summed E-state index contributed by atoms with van der Waals surface area (Å²) in [6.07, 6.45) is 0. The number of halogens is 1. The maximum atomic E-state index is 13.1. The van der Waals surface area contributed by atoms with Gasteiger partial charge in [0.15, 0.2) is 5.78 Å². The highest BCUT2D eigenvalue weighted by atomic mass is 32.2. The maximum Gasteiger partial charge on any atom is 0.176 e. The van der Waals surface area contributed by atoms with Crippen LogP contribution in [0.2, 0.25) is 0 Å². The minimum atomic E-state index is -0.295. The van der Waals surface area contributed by atoms with Gasteiger partial charge in [-0.05, 0) is 49.2 Å². The van der Waals surface area contributed by atoms with E-state index in [1.165, 1.54) is 23.9 Å². The number of thioether (sulfide) groups is 1. The quantitative estimate of drug-likeness (QED) is 0.604. The minimum absolute atomic E-state index is 0.0239. The molecule has 0 aliphatic carbocycles. The monoisotopic (exact) mass is 304 g/mol. The van der Waals surface area contributed by atoms with Crippen LogP contribution in [0.25, 0.3) is 0 Å². The fourth-order valence-electron chi connectivity index (χ4n) is 2.06. The number of ketones is 1. The van der Waals surface area contributed by atoms with E-state index < -0.39 is 0 Å². The number of aryl methyl sites for hydroxylation is 1. The molecule has 21 heavy (non-hydrogen) atoms. The fraction of sp³-hybridized carbons (Fsp3) is 0.235. The number of carbonyl (C=O) groups excluding carboxylic acids is 1. The number of methoxy groups -OCH3 is 1. The first-order valence-electron chi connectivity index (χ1n) is 6.58. The molecule has 0 unspecified atom stereocenters. The second kappa shape index (κ2) is 6.76. The van der Waals surface area contributed by atoms with Crippen LogP contribution in [0.3, 0.4) is 0 Å². The largest absolute Gasteiger partial charge is 0.496 e. The van der Waals surface area contributed by atoms with E-state index in [1.54, 1.807) is 25.3 Å². The summed E-state index contributed by atoms with van der Waals surface area (Å²) in [5.41, 5.74) is 2.63. The Morgan fingerprint density at radius 3 is 2.67 bits per heavy atom. The van der Waals surface area contributed by atoms with Crippen molar-refractivity contribution in [1.29, 1.82) is 0 Å². The van der Waals surface area contributed by atoms with Crippen LogP contribution in [0.4, 0.5) is 4.39 Å². The highest BCUT2D eigenvalue weighted by molar-refractivity contribution is 8.00. The van der Waals surface area contributed by atoms with Gasteiger partial charge in [0, 0.05) is 4.90 Å². The molecule has 0 aliphatic rings. The number of hydrogen-bond donors (Lipinski definition) is 0. The Balaban J connectivity index is 2.16. The van der Waals surface area contributed by atoms with Gasteiger partial charge in [-0.2, -0.15) is 0 Å². The fourth-order valence-corrected chi connectivity index (χ4v) is 2.88. The summed E-state index contributed by atoms with van der Waals surface area (Å²) in [6, 6.07) is 9.94. The van der Waals surface area contributed by atoms with E-state index in [0.717, 1.165) is 16.0 Å². The molecule has 4 heteroatoms. The first kappa shape index (κ1) is 15.6. The first-order valence-corrected chi connectivity index (χ1v) is 7.57. The maximum absolute atomic E-state index is 13.1. The molecule has 0 N–H and O–H groups in total. The van der Waals surface area contributed by atoms with Gasteiger partial charge in [-0.3, -0.25) is 4.79 Å². The van der Waals surface area contributed by atoms with Gasteiger partial charge >= 0.3 is 0 Å². The van der Waals surface area contributed by atoms with Crippen molar-refractivity contribution in [3.8, 4) is 5.75 Å². The van der Waals surface area contributed by atoms with Gasteiger partial charge < -0.3 is 4.74 Å². The van der Waals surface area contributed by atoms with E-state index in [9.17, 15) is 9.18 Å². The number of rotatable bonds is 5. The molecule has 110 valence electrons. The van der Waals surface area contributed by atoms with Crippen molar-refractivity contribution in [2.75, 3.05) is 12.9 Å². The normalized spacial score (nSPS) is 10.5. The van der Waals surface area contributed by atoms with Crippen molar-refractivity contribution in [3.05, 3.63) is 58.9 Å². The molecule has 0 bridgehead atoms. The summed E-state index contributed by atoms with van der Waals surface area (Å²) in [6.45, 7) is 3.91. The zero-order valence-corrected chi connectivity index (χ0v) is 13.1. The second-order valence-corrected chi connectivity index (χ2v) is 5.81.